The van der Waals surface area contributed by atoms with Gasteiger partial charge >= 0.3 is 0 Å². The second-order valence-corrected chi connectivity index (χ2v) is 8.24. The molecule has 122 valence electrons. The van der Waals surface area contributed by atoms with Crippen molar-refractivity contribution in [2.75, 3.05) is 0 Å². The van der Waals surface area contributed by atoms with Crippen molar-refractivity contribution in [3.05, 3.63) is 22.8 Å². The van der Waals surface area contributed by atoms with E-state index in [1.807, 2.05) is 0 Å². The predicted molar refractivity (Wildman–Crippen MR) is 87.3 cm³/mol. The van der Waals surface area contributed by atoms with Gasteiger partial charge in [0, 0.05) is 18.3 Å². The number of aliphatic hydroxyl groups is 1. The van der Waals surface area contributed by atoms with E-state index in [-0.39, 0.29) is 11.8 Å². The molecule has 4 atom stereocenters. The summed E-state index contributed by atoms with van der Waals surface area (Å²) in [6.07, 6.45) is 9.68. The van der Waals surface area contributed by atoms with Gasteiger partial charge < -0.3 is 5.11 Å². The molecule has 0 radical (unpaired) electrons. The van der Waals surface area contributed by atoms with E-state index in [0.29, 0.717) is 30.5 Å². The van der Waals surface area contributed by atoms with Crippen LogP contribution in [0.15, 0.2) is 22.8 Å². The number of nitrogens with zero attached hydrogens (tertiary/aromatic N) is 1. The average Bonchev–Trinajstić information content (AvgIpc) is 2.79. The van der Waals surface area contributed by atoms with Crippen molar-refractivity contribution >= 4 is 5.78 Å². The van der Waals surface area contributed by atoms with Gasteiger partial charge in [0.05, 0.1) is 18.1 Å². The number of ketones is 1. The molecule has 0 spiro atoms. The Morgan fingerprint density at radius 3 is 2.96 bits per heavy atom. The third-order valence-electron chi connectivity index (χ3n) is 7.35. The summed E-state index contributed by atoms with van der Waals surface area (Å²) in [6, 6.07) is 2.21. The first-order valence-corrected chi connectivity index (χ1v) is 9.01. The maximum atomic E-state index is 11.8. The molecule has 0 saturated heterocycles. The summed E-state index contributed by atoms with van der Waals surface area (Å²) in [5, 5.41) is 20.2. The normalized spacial score (nSPS) is 42.5. The lowest BCUT2D eigenvalue weighted by molar-refractivity contribution is -0.118. The van der Waals surface area contributed by atoms with E-state index in [4.69, 9.17) is 5.26 Å². The van der Waals surface area contributed by atoms with Crippen molar-refractivity contribution in [3.63, 3.8) is 0 Å². The SMILES string of the molecule is C[C@]12CC=C3C4=C(CC[C@H]3[C@H]1CCC2(O)CC#N)CC(=O)CC4. The number of Topliss-reactive ketones (excluding diaryl/α,β-unsaturated/α-hetero) is 1. The molecule has 4 aliphatic rings. The van der Waals surface area contributed by atoms with E-state index in [9.17, 15) is 9.90 Å². The summed E-state index contributed by atoms with van der Waals surface area (Å²) < 4.78 is 0. The molecule has 0 aromatic rings. The molecular weight excluding hydrogens is 286 g/mol. The van der Waals surface area contributed by atoms with Crippen molar-refractivity contribution in [2.24, 2.45) is 17.3 Å². The monoisotopic (exact) mass is 311 g/mol. The molecule has 1 unspecified atom stereocenters. The zero-order valence-corrected chi connectivity index (χ0v) is 13.9. The van der Waals surface area contributed by atoms with Crippen molar-refractivity contribution in [3.8, 4) is 6.07 Å². The second-order valence-electron chi connectivity index (χ2n) is 8.24. The summed E-state index contributed by atoms with van der Waals surface area (Å²) in [5.74, 6) is 1.40. The molecule has 0 aromatic heterocycles. The average molecular weight is 311 g/mol. The Morgan fingerprint density at radius 1 is 1.35 bits per heavy atom. The van der Waals surface area contributed by atoms with Gasteiger partial charge in [-0.3, -0.25) is 4.79 Å². The van der Waals surface area contributed by atoms with Crippen LogP contribution in [0.2, 0.25) is 0 Å². The number of fused-ring (bicyclic) bond motifs is 4. The first-order chi connectivity index (χ1) is 11.0. The Morgan fingerprint density at radius 2 is 2.17 bits per heavy atom. The molecule has 1 N–H and O–H groups in total. The molecule has 1 saturated carbocycles. The maximum absolute atomic E-state index is 11.8. The molecule has 4 rings (SSSR count). The van der Waals surface area contributed by atoms with Gasteiger partial charge in [0.25, 0.3) is 0 Å². The van der Waals surface area contributed by atoms with E-state index in [2.05, 4.69) is 19.1 Å². The van der Waals surface area contributed by atoms with Crippen molar-refractivity contribution in [1.29, 1.82) is 5.26 Å². The largest absolute Gasteiger partial charge is 0.388 e. The van der Waals surface area contributed by atoms with Crippen LogP contribution in [0.3, 0.4) is 0 Å². The highest BCUT2D eigenvalue weighted by Crippen LogP contribution is 2.63. The fraction of sp³-hybridized carbons (Fsp3) is 0.700. The highest BCUT2D eigenvalue weighted by molar-refractivity contribution is 5.83. The number of hydrogen-bond acceptors (Lipinski definition) is 3. The lowest BCUT2D eigenvalue weighted by Crippen LogP contribution is -2.48. The number of nitriles is 1. The van der Waals surface area contributed by atoms with Crippen molar-refractivity contribution < 1.29 is 9.90 Å². The molecule has 0 bridgehead atoms. The van der Waals surface area contributed by atoms with Gasteiger partial charge in [-0.05, 0) is 61.5 Å². The predicted octanol–water partition coefficient (Wildman–Crippen LogP) is 3.84. The summed E-state index contributed by atoms with van der Waals surface area (Å²) in [7, 11) is 0. The molecule has 1 fully saturated rings. The second kappa shape index (κ2) is 5.05. The lowest BCUT2D eigenvalue weighted by Gasteiger charge is -2.50. The Bertz CT molecular complexity index is 668. The number of allylic oxidation sites excluding steroid dienone is 4. The number of hydrogen-bond donors (Lipinski definition) is 1. The molecule has 0 heterocycles. The third kappa shape index (κ3) is 2.01. The van der Waals surface area contributed by atoms with E-state index >= 15 is 0 Å². The van der Waals surface area contributed by atoms with Crippen LogP contribution in [0.1, 0.15) is 64.7 Å². The standard InChI is InChI=1S/C20H25NO2/c1-19-8-6-16-15-5-3-14(22)12-13(15)2-4-17(16)18(19)7-9-20(19,23)10-11-21/h6,17-18,23H,2-5,7-10,12H2,1H3/t17-,18-,19+,20?/m1/s1. The van der Waals surface area contributed by atoms with Gasteiger partial charge in [-0.25, -0.2) is 0 Å². The molecule has 3 nitrogen and oxygen atoms in total. The minimum Gasteiger partial charge on any atom is -0.388 e. The summed E-state index contributed by atoms with van der Waals surface area (Å²) in [6.45, 7) is 2.20. The first-order valence-electron chi connectivity index (χ1n) is 9.01. The Balaban J connectivity index is 1.71. The van der Waals surface area contributed by atoms with Crippen LogP contribution in [-0.2, 0) is 4.79 Å². The maximum Gasteiger partial charge on any atom is 0.137 e. The van der Waals surface area contributed by atoms with E-state index in [0.717, 1.165) is 38.5 Å². The molecular formula is C20H25NO2. The Kier molecular flexibility index (Phi) is 3.32. The zero-order valence-electron chi connectivity index (χ0n) is 13.9. The minimum atomic E-state index is -0.828. The lowest BCUT2D eigenvalue weighted by atomic mass is 9.56. The highest BCUT2D eigenvalue weighted by Gasteiger charge is 2.59. The van der Waals surface area contributed by atoms with Crippen LogP contribution in [0.4, 0.5) is 0 Å². The number of rotatable bonds is 1. The van der Waals surface area contributed by atoms with Crippen LogP contribution in [0.25, 0.3) is 0 Å². The number of carbonyl (C=O) groups is 1. The summed E-state index contributed by atoms with van der Waals surface area (Å²) >= 11 is 0. The van der Waals surface area contributed by atoms with E-state index in [1.54, 1.807) is 0 Å². The summed E-state index contributed by atoms with van der Waals surface area (Å²) in [5.41, 5.74) is 3.35. The molecule has 0 aliphatic heterocycles. The molecule has 3 heteroatoms. The molecule has 4 aliphatic carbocycles. The van der Waals surface area contributed by atoms with Crippen LogP contribution in [0.5, 0.6) is 0 Å². The number of carbonyl (C=O) groups excluding carboxylic acids is 1. The van der Waals surface area contributed by atoms with Gasteiger partial charge in [0.2, 0.25) is 0 Å². The zero-order chi connectivity index (χ0) is 16.2. The van der Waals surface area contributed by atoms with Gasteiger partial charge in [-0.1, -0.05) is 18.6 Å². The van der Waals surface area contributed by atoms with Crippen LogP contribution in [-0.4, -0.2) is 16.5 Å². The van der Waals surface area contributed by atoms with Crippen LogP contribution in [0, 0.1) is 28.6 Å². The first kappa shape index (κ1) is 15.1. The van der Waals surface area contributed by atoms with Gasteiger partial charge in [0.1, 0.15) is 5.78 Å². The fourth-order valence-electron chi connectivity index (χ4n) is 5.94. The quantitative estimate of drug-likeness (QED) is 0.800. The van der Waals surface area contributed by atoms with E-state index < -0.39 is 5.60 Å². The van der Waals surface area contributed by atoms with Crippen molar-refractivity contribution in [2.45, 2.75) is 70.3 Å². The molecule has 23 heavy (non-hydrogen) atoms. The van der Waals surface area contributed by atoms with Crippen molar-refractivity contribution in [1.82, 2.24) is 0 Å². The van der Waals surface area contributed by atoms with Gasteiger partial charge in [0.15, 0.2) is 0 Å². The fourth-order valence-corrected chi connectivity index (χ4v) is 5.94. The highest BCUT2D eigenvalue weighted by atomic mass is 16.3. The van der Waals surface area contributed by atoms with Crippen LogP contribution >= 0.6 is 0 Å². The Labute approximate surface area is 138 Å². The molecule has 0 amide bonds. The minimum absolute atomic E-state index is 0.167. The summed E-state index contributed by atoms with van der Waals surface area (Å²) in [4.78, 5) is 11.8. The van der Waals surface area contributed by atoms with Gasteiger partial charge in [-0.2, -0.15) is 5.26 Å². The Hall–Kier alpha value is -1.40. The van der Waals surface area contributed by atoms with Gasteiger partial charge in [-0.15, -0.1) is 0 Å². The topological polar surface area (TPSA) is 61.1 Å². The molecule has 0 aromatic carbocycles. The smallest absolute Gasteiger partial charge is 0.137 e. The van der Waals surface area contributed by atoms with E-state index in [1.165, 1.54) is 16.7 Å². The van der Waals surface area contributed by atoms with Crippen LogP contribution < -0.4 is 0 Å². The third-order valence-corrected chi connectivity index (χ3v) is 7.35.